The first kappa shape index (κ1) is 26.8. The number of nitrogens with one attached hydrogen (secondary N) is 2. The number of nitrogens with zero attached hydrogens (tertiary/aromatic N) is 4. The highest BCUT2D eigenvalue weighted by Gasteiger charge is 2.17. The van der Waals surface area contributed by atoms with Crippen molar-refractivity contribution in [1.29, 1.82) is 0 Å². The summed E-state index contributed by atoms with van der Waals surface area (Å²) in [5.74, 6) is -0.354. The number of anilines is 3. The van der Waals surface area contributed by atoms with E-state index in [4.69, 9.17) is 5.73 Å². The maximum atomic E-state index is 13.2. The average Bonchev–Trinajstić information content (AvgIpc) is 3.38. The lowest BCUT2D eigenvalue weighted by atomic mass is 10.2. The Morgan fingerprint density at radius 3 is 2.42 bits per heavy atom. The van der Waals surface area contributed by atoms with Crippen LogP contribution in [0.4, 0.5) is 21.3 Å². The predicted octanol–water partition coefficient (Wildman–Crippen LogP) is 5.03. The lowest BCUT2D eigenvalue weighted by Crippen LogP contribution is -2.36. The van der Waals surface area contributed by atoms with Gasteiger partial charge in [-0.25, -0.2) is 9.78 Å². The molecule has 0 spiro atoms. The van der Waals surface area contributed by atoms with E-state index >= 15 is 0 Å². The molecular weight excluding hydrogens is 498 g/mol. The van der Waals surface area contributed by atoms with Crippen molar-refractivity contribution >= 4 is 39.8 Å². The molecule has 4 rings (SSSR count). The van der Waals surface area contributed by atoms with Crippen molar-refractivity contribution in [3.05, 3.63) is 89.6 Å². The third-order valence-electron chi connectivity index (χ3n) is 5.75. The van der Waals surface area contributed by atoms with Crippen LogP contribution in [0.3, 0.4) is 0 Å². The van der Waals surface area contributed by atoms with Crippen molar-refractivity contribution in [1.82, 2.24) is 19.8 Å². The second-order valence-electron chi connectivity index (χ2n) is 9.01. The number of pyridine rings is 1. The Balaban J connectivity index is 1.42. The maximum Gasteiger partial charge on any atom is 0.323 e. The van der Waals surface area contributed by atoms with Crippen molar-refractivity contribution in [2.45, 2.75) is 13.0 Å². The summed E-state index contributed by atoms with van der Waals surface area (Å²) in [6.07, 6.45) is 2.42. The number of rotatable bonds is 10. The predicted molar refractivity (Wildman–Crippen MR) is 153 cm³/mol. The molecule has 10 heteroatoms. The second-order valence-corrected chi connectivity index (χ2v) is 9.86. The monoisotopic (exact) mass is 529 g/mol. The summed E-state index contributed by atoms with van der Waals surface area (Å²) >= 11 is 1.39. The number of hydrogen-bond donors (Lipinski definition) is 3. The molecule has 0 saturated heterocycles. The molecule has 0 aliphatic carbocycles. The van der Waals surface area contributed by atoms with E-state index in [0.29, 0.717) is 29.6 Å². The molecule has 2 heterocycles. The van der Waals surface area contributed by atoms with Crippen molar-refractivity contribution < 1.29 is 9.59 Å². The first-order valence-electron chi connectivity index (χ1n) is 12.2. The van der Waals surface area contributed by atoms with Gasteiger partial charge < -0.3 is 20.9 Å². The Kier molecular flexibility index (Phi) is 9.02. The Hall–Kier alpha value is -4.28. The van der Waals surface area contributed by atoms with Crippen molar-refractivity contribution in [2.24, 2.45) is 0 Å². The van der Waals surface area contributed by atoms with Gasteiger partial charge in [0.1, 0.15) is 5.69 Å². The number of nitrogens with two attached hydrogens (primary N) is 1. The molecule has 0 unspecified atom stereocenters. The van der Waals surface area contributed by atoms with Gasteiger partial charge in [0.25, 0.3) is 5.91 Å². The first-order chi connectivity index (χ1) is 18.4. The van der Waals surface area contributed by atoms with Gasteiger partial charge in [0.05, 0.1) is 17.1 Å². The summed E-state index contributed by atoms with van der Waals surface area (Å²) in [7, 11) is 4.00. The number of carbonyl (C=O) groups excluding carboxylic acids is 2. The van der Waals surface area contributed by atoms with Gasteiger partial charge >= 0.3 is 6.03 Å². The molecule has 38 heavy (non-hydrogen) atoms. The fourth-order valence-corrected chi connectivity index (χ4v) is 4.45. The van der Waals surface area contributed by atoms with Crippen LogP contribution >= 0.6 is 11.3 Å². The zero-order chi connectivity index (χ0) is 26.9. The minimum Gasteiger partial charge on any atom is -0.397 e. The highest BCUT2D eigenvalue weighted by Crippen LogP contribution is 2.25. The number of aromatic nitrogens is 2. The second kappa shape index (κ2) is 12.8. The lowest BCUT2D eigenvalue weighted by molar-refractivity contribution is 0.102. The van der Waals surface area contributed by atoms with Crippen LogP contribution in [0.5, 0.6) is 0 Å². The van der Waals surface area contributed by atoms with E-state index in [9.17, 15) is 9.59 Å². The number of carbonyl (C=O) groups is 2. The van der Waals surface area contributed by atoms with Crippen LogP contribution in [-0.4, -0.2) is 58.9 Å². The highest BCUT2D eigenvalue weighted by atomic mass is 32.1. The molecule has 0 bridgehead atoms. The topological polar surface area (TPSA) is 116 Å². The van der Waals surface area contributed by atoms with Crippen LogP contribution in [0.1, 0.15) is 22.5 Å². The molecule has 196 valence electrons. The van der Waals surface area contributed by atoms with E-state index in [1.54, 1.807) is 47.5 Å². The fraction of sp³-hybridized carbons (Fsp3) is 0.214. The average molecular weight is 530 g/mol. The number of para-hydroxylation sites is 2. The zero-order valence-corrected chi connectivity index (χ0v) is 22.2. The van der Waals surface area contributed by atoms with Gasteiger partial charge in [0.15, 0.2) is 5.13 Å². The van der Waals surface area contributed by atoms with Gasteiger partial charge in [-0.05, 0) is 50.8 Å². The molecule has 0 aliphatic rings. The van der Waals surface area contributed by atoms with Crippen LogP contribution in [-0.2, 0) is 6.54 Å². The number of nitrogen functional groups attached to an aromatic ring is 1. The molecule has 3 amide bonds. The molecule has 0 fully saturated rings. The Bertz CT molecular complexity index is 1360. The maximum absolute atomic E-state index is 13.2. The minimum absolute atomic E-state index is 0.237. The minimum atomic E-state index is -0.354. The number of benzene rings is 2. The van der Waals surface area contributed by atoms with Gasteiger partial charge in [0, 0.05) is 30.2 Å². The van der Waals surface area contributed by atoms with Crippen LogP contribution < -0.4 is 16.4 Å². The smallest absolute Gasteiger partial charge is 0.323 e. The number of amides is 3. The number of hydrogen-bond acceptors (Lipinski definition) is 7. The quantitative estimate of drug-likeness (QED) is 0.248. The molecule has 4 N–H and O–H groups in total. The first-order valence-corrected chi connectivity index (χ1v) is 13.1. The molecule has 0 saturated carbocycles. The summed E-state index contributed by atoms with van der Waals surface area (Å²) in [5, 5.41) is 8.18. The Morgan fingerprint density at radius 1 is 0.947 bits per heavy atom. The summed E-state index contributed by atoms with van der Waals surface area (Å²) in [4.78, 5) is 38.5. The summed E-state index contributed by atoms with van der Waals surface area (Å²) in [5.41, 5.74) is 9.81. The van der Waals surface area contributed by atoms with Crippen molar-refractivity contribution in [2.75, 3.05) is 43.6 Å². The largest absolute Gasteiger partial charge is 0.397 e. The van der Waals surface area contributed by atoms with Crippen LogP contribution in [0.15, 0.2) is 78.3 Å². The fourth-order valence-electron chi connectivity index (χ4n) is 3.74. The van der Waals surface area contributed by atoms with E-state index in [0.717, 1.165) is 29.8 Å². The van der Waals surface area contributed by atoms with Crippen LogP contribution in [0.25, 0.3) is 11.3 Å². The molecule has 0 atom stereocenters. The molecule has 9 nitrogen and oxygen atoms in total. The van der Waals surface area contributed by atoms with Gasteiger partial charge in [-0.3, -0.25) is 15.1 Å². The van der Waals surface area contributed by atoms with Crippen molar-refractivity contribution in [3.63, 3.8) is 0 Å². The molecule has 2 aromatic carbocycles. The number of thiazole rings is 1. The van der Waals surface area contributed by atoms with Gasteiger partial charge in [-0.2, -0.15) is 0 Å². The normalized spacial score (nSPS) is 10.8. The molecular formula is C28H31N7O2S. The van der Waals surface area contributed by atoms with E-state index in [2.05, 4.69) is 25.5 Å². The Morgan fingerprint density at radius 2 is 1.71 bits per heavy atom. The van der Waals surface area contributed by atoms with E-state index in [1.807, 2.05) is 49.8 Å². The SMILES string of the molecule is CN(C)CCCN(Cc1ccc(C(=O)Nc2ccccc2N)nc1)C(=O)Nc1nc(-c2ccccc2)cs1. The van der Waals surface area contributed by atoms with Gasteiger partial charge in [-0.1, -0.05) is 48.5 Å². The third-order valence-corrected chi connectivity index (χ3v) is 6.51. The van der Waals surface area contributed by atoms with E-state index < -0.39 is 0 Å². The summed E-state index contributed by atoms with van der Waals surface area (Å²) < 4.78 is 0. The number of urea groups is 1. The van der Waals surface area contributed by atoms with Gasteiger partial charge in [0.2, 0.25) is 0 Å². The molecule has 0 aliphatic heterocycles. The van der Waals surface area contributed by atoms with Gasteiger partial charge in [-0.15, -0.1) is 11.3 Å². The van der Waals surface area contributed by atoms with E-state index in [-0.39, 0.29) is 17.6 Å². The summed E-state index contributed by atoms with van der Waals surface area (Å²) in [6.45, 7) is 1.74. The zero-order valence-electron chi connectivity index (χ0n) is 21.4. The lowest BCUT2D eigenvalue weighted by Gasteiger charge is -2.23. The molecule has 0 radical (unpaired) electrons. The Labute approximate surface area is 226 Å². The third kappa shape index (κ3) is 7.37. The summed E-state index contributed by atoms with van der Waals surface area (Å²) in [6, 6.07) is 20.1. The van der Waals surface area contributed by atoms with Crippen LogP contribution in [0.2, 0.25) is 0 Å². The molecule has 2 aromatic heterocycles. The van der Waals surface area contributed by atoms with Crippen LogP contribution in [0, 0.1) is 0 Å². The van der Waals surface area contributed by atoms with E-state index in [1.165, 1.54) is 11.3 Å². The molecule has 4 aromatic rings. The standard InChI is InChI=1S/C28H31N7O2S/c1-34(2)15-8-16-35(28(37)33-27-32-25(19-38-27)21-9-4-3-5-10-21)18-20-13-14-24(30-17-20)26(36)31-23-12-7-6-11-22(23)29/h3-7,9-14,17,19H,8,15-16,18,29H2,1-2H3,(H,31,36)(H,32,33,37). The highest BCUT2D eigenvalue weighted by molar-refractivity contribution is 7.14. The van der Waals surface area contributed by atoms with Crippen molar-refractivity contribution in [3.8, 4) is 11.3 Å².